The Morgan fingerprint density at radius 1 is 1.50 bits per heavy atom. The normalized spacial score (nSPS) is 11.1. The lowest BCUT2D eigenvalue weighted by Crippen LogP contribution is -2.08. The fraction of sp³-hybridized carbons (Fsp3) is 0.429. The van der Waals surface area contributed by atoms with E-state index in [2.05, 4.69) is 4.98 Å². The molecule has 0 aliphatic carbocycles. The van der Waals surface area contributed by atoms with Gasteiger partial charge in [0.05, 0.1) is 22.5 Å². The SMILES string of the molecule is COCCCn1c(CCC(=O)O)nc2cccc(Cl)c21. The van der Waals surface area contributed by atoms with Crippen molar-refractivity contribution in [1.82, 2.24) is 9.55 Å². The number of aromatic nitrogens is 2. The fourth-order valence-electron chi connectivity index (χ4n) is 2.21. The van der Waals surface area contributed by atoms with Gasteiger partial charge in [0, 0.05) is 26.7 Å². The molecule has 0 radical (unpaired) electrons. The number of rotatable bonds is 7. The number of para-hydroxylation sites is 1. The summed E-state index contributed by atoms with van der Waals surface area (Å²) < 4.78 is 7.06. The van der Waals surface area contributed by atoms with Gasteiger partial charge < -0.3 is 14.4 Å². The average Bonchev–Trinajstić information content (AvgIpc) is 2.76. The number of carbonyl (C=O) groups is 1. The summed E-state index contributed by atoms with van der Waals surface area (Å²) in [7, 11) is 1.66. The van der Waals surface area contributed by atoms with Gasteiger partial charge in [-0.15, -0.1) is 0 Å². The van der Waals surface area contributed by atoms with Crippen LogP contribution in [0.2, 0.25) is 5.02 Å². The van der Waals surface area contributed by atoms with Gasteiger partial charge in [-0.25, -0.2) is 4.98 Å². The van der Waals surface area contributed by atoms with Crippen LogP contribution >= 0.6 is 11.6 Å². The predicted octanol–water partition coefficient (Wildman–Crippen LogP) is 2.74. The molecule has 1 aromatic heterocycles. The Morgan fingerprint density at radius 2 is 2.30 bits per heavy atom. The summed E-state index contributed by atoms with van der Waals surface area (Å²) in [5, 5.41) is 9.46. The lowest BCUT2D eigenvalue weighted by atomic mass is 10.3. The Balaban J connectivity index is 2.35. The molecule has 1 aromatic carbocycles. The van der Waals surface area contributed by atoms with Gasteiger partial charge >= 0.3 is 5.97 Å². The highest BCUT2D eigenvalue weighted by atomic mass is 35.5. The van der Waals surface area contributed by atoms with Crippen LogP contribution in [-0.2, 0) is 22.5 Å². The molecule has 20 heavy (non-hydrogen) atoms. The number of fused-ring (bicyclic) bond motifs is 1. The lowest BCUT2D eigenvalue weighted by molar-refractivity contribution is -0.137. The van der Waals surface area contributed by atoms with Gasteiger partial charge in [-0.2, -0.15) is 0 Å². The molecule has 0 spiro atoms. The van der Waals surface area contributed by atoms with Gasteiger partial charge in [0.15, 0.2) is 0 Å². The molecule has 0 saturated heterocycles. The van der Waals surface area contributed by atoms with E-state index in [1.165, 1.54) is 0 Å². The molecule has 6 heteroatoms. The van der Waals surface area contributed by atoms with Crippen molar-refractivity contribution in [1.29, 1.82) is 0 Å². The zero-order valence-corrected chi connectivity index (χ0v) is 12.1. The average molecular weight is 297 g/mol. The fourth-order valence-corrected chi connectivity index (χ4v) is 2.48. The quantitative estimate of drug-likeness (QED) is 0.798. The Bertz CT molecular complexity index is 610. The molecule has 2 aromatic rings. The second-order valence-corrected chi connectivity index (χ2v) is 4.93. The number of halogens is 1. The van der Waals surface area contributed by atoms with Gasteiger partial charge in [-0.3, -0.25) is 4.79 Å². The molecular weight excluding hydrogens is 280 g/mol. The van der Waals surface area contributed by atoms with E-state index in [1.807, 2.05) is 22.8 Å². The van der Waals surface area contributed by atoms with E-state index >= 15 is 0 Å². The molecule has 0 aliphatic rings. The van der Waals surface area contributed by atoms with E-state index in [-0.39, 0.29) is 6.42 Å². The number of hydrogen-bond acceptors (Lipinski definition) is 3. The van der Waals surface area contributed by atoms with Crippen LogP contribution in [0.25, 0.3) is 11.0 Å². The van der Waals surface area contributed by atoms with Crippen LogP contribution in [-0.4, -0.2) is 34.3 Å². The number of hydrogen-bond donors (Lipinski definition) is 1. The van der Waals surface area contributed by atoms with Crippen molar-refractivity contribution in [2.24, 2.45) is 0 Å². The van der Waals surface area contributed by atoms with Crippen molar-refractivity contribution in [2.75, 3.05) is 13.7 Å². The molecule has 0 saturated carbocycles. The van der Waals surface area contributed by atoms with E-state index in [9.17, 15) is 4.79 Å². The summed E-state index contributed by atoms with van der Waals surface area (Å²) >= 11 is 6.24. The first-order valence-corrected chi connectivity index (χ1v) is 6.85. The molecule has 0 atom stereocenters. The maximum Gasteiger partial charge on any atom is 0.303 e. The standard InChI is InChI=1S/C14H17ClN2O3/c1-20-9-3-8-17-12(6-7-13(18)19)16-11-5-2-4-10(15)14(11)17/h2,4-5H,3,6-9H2,1H3,(H,18,19). The first-order chi connectivity index (χ1) is 9.63. The minimum atomic E-state index is -0.827. The van der Waals surface area contributed by atoms with Gasteiger partial charge in [-0.05, 0) is 18.6 Å². The number of ether oxygens (including phenoxy) is 1. The summed E-state index contributed by atoms with van der Waals surface area (Å²) in [5.74, 6) is -0.0711. The Kier molecular flexibility index (Phi) is 4.98. The molecule has 0 aliphatic heterocycles. The number of methoxy groups -OCH3 is 1. The highest BCUT2D eigenvalue weighted by Crippen LogP contribution is 2.25. The first-order valence-electron chi connectivity index (χ1n) is 6.48. The topological polar surface area (TPSA) is 64.3 Å². The Labute approximate surface area is 122 Å². The zero-order chi connectivity index (χ0) is 14.5. The maximum absolute atomic E-state index is 10.7. The molecule has 2 rings (SSSR count). The third-order valence-corrected chi connectivity index (χ3v) is 3.39. The van der Waals surface area contributed by atoms with Crippen molar-refractivity contribution in [3.8, 4) is 0 Å². The maximum atomic E-state index is 10.7. The second-order valence-electron chi connectivity index (χ2n) is 4.53. The molecule has 5 nitrogen and oxygen atoms in total. The minimum Gasteiger partial charge on any atom is -0.481 e. The molecule has 0 amide bonds. The molecule has 108 valence electrons. The van der Waals surface area contributed by atoms with Crippen molar-refractivity contribution in [2.45, 2.75) is 25.8 Å². The summed E-state index contributed by atoms with van der Waals surface area (Å²) in [6, 6.07) is 5.55. The largest absolute Gasteiger partial charge is 0.481 e. The third kappa shape index (κ3) is 3.29. The monoisotopic (exact) mass is 296 g/mol. The number of benzene rings is 1. The van der Waals surface area contributed by atoms with Crippen LogP contribution in [0.3, 0.4) is 0 Å². The smallest absolute Gasteiger partial charge is 0.303 e. The van der Waals surface area contributed by atoms with E-state index in [0.29, 0.717) is 24.6 Å². The van der Waals surface area contributed by atoms with Gasteiger partial charge in [0.1, 0.15) is 5.82 Å². The third-order valence-electron chi connectivity index (χ3n) is 3.09. The van der Waals surface area contributed by atoms with Crippen molar-refractivity contribution >= 4 is 28.6 Å². The molecule has 0 unspecified atom stereocenters. The van der Waals surface area contributed by atoms with Crippen molar-refractivity contribution in [3.05, 3.63) is 29.0 Å². The van der Waals surface area contributed by atoms with Gasteiger partial charge in [0.2, 0.25) is 0 Å². The number of aryl methyl sites for hydroxylation is 2. The number of carboxylic acids is 1. The molecule has 0 fully saturated rings. The summed E-state index contributed by atoms with van der Waals surface area (Å²) in [6.07, 6.45) is 1.28. The highest BCUT2D eigenvalue weighted by Gasteiger charge is 2.14. The van der Waals surface area contributed by atoms with Crippen molar-refractivity contribution < 1.29 is 14.6 Å². The van der Waals surface area contributed by atoms with E-state index in [4.69, 9.17) is 21.4 Å². The molecule has 0 bridgehead atoms. The van der Waals surface area contributed by atoms with Crippen LogP contribution in [0.5, 0.6) is 0 Å². The number of nitrogens with zero attached hydrogens (tertiary/aromatic N) is 2. The van der Waals surface area contributed by atoms with E-state index in [1.54, 1.807) is 7.11 Å². The zero-order valence-electron chi connectivity index (χ0n) is 11.3. The van der Waals surface area contributed by atoms with Gasteiger partial charge in [0.25, 0.3) is 0 Å². The Morgan fingerprint density at radius 3 is 3.00 bits per heavy atom. The minimum absolute atomic E-state index is 0.0607. The highest BCUT2D eigenvalue weighted by molar-refractivity contribution is 6.35. The molecule has 1 heterocycles. The first kappa shape index (κ1) is 14.8. The number of carboxylic acid groups (broad SMARTS) is 1. The van der Waals surface area contributed by atoms with Crippen molar-refractivity contribution in [3.63, 3.8) is 0 Å². The van der Waals surface area contributed by atoms with E-state index in [0.717, 1.165) is 23.3 Å². The lowest BCUT2D eigenvalue weighted by Gasteiger charge is -2.09. The van der Waals surface area contributed by atoms with E-state index < -0.39 is 5.97 Å². The molecular formula is C14H17ClN2O3. The van der Waals surface area contributed by atoms with Crippen LogP contribution in [0.4, 0.5) is 0 Å². The number of imidazole rings is 1. The Hall–Kier alpha value is -1.59. The summed E-state index contributed by atoms with van der Waals surface area (Å²) in [6.45, 7) is 1.35. The predicted molar refractivity (Wildman–Crippen MR) is 77.2 cm³/mol. The van der Waals surface area contributed by atoms with Gasteiger partial charge in [-0.1, -0.05) is 17.7 Å². The summed E-state index contributed by atoms with van der Waals surface area (Å²) in [5.41, 5.74) is 1.67. The van der Waals surface area contributed by atoms with Crippen LogP contribution in [0.1, 0.15) is 18.7 Å². The van der Waals surface area contributed by atoms with Crippen LogP contribution in [0.15, 0.2) is 18.2 Å². The molecule has 1 N–H and O–H groups in total. The number of aliphatic carboxylic acids is 1. The van der Waals surface area contributed by atoms with Crippen LogP contribution < -0.4 is 0 Å². The summed E-state index contributed by atoms with van der Waals surface area (Å²) in [4.78, 5) is 15.2. The van der Waals surface area contributed by atoms with Crippen LogP contribution in [0, 0.1) is 0 Å². The second kappa shape index (κ2) is 6.72.